The van der Waals surface area contributed by atoms with Crippen LogP contribution in [-0.2, 0) is 9.47 Å². The first kappa shape index (κ1) is 27.5. The van der Waals surface area contributed by atoms with Gasteiger partial charge < -0.3 is 20.9 Å². The summed E-state index contributed by atoms with van der Waals surface area (Å²) in [6, 6.07) is 0. The molecular weight excluding hydrogens is 362 g/mol. The zero-order valence-corrected chi connectivity index (χ0v) is 19.4. The highest BCUT2D eigenvalue weighted by Gasteiger charge is 2.10. The SMILES string of the molecule is C=C(C)/C(OCCCC)=C(/CCCCCCCCCCOCCCC)N=C(N)N. The summed E-state index contributed by atoms with van der Waals surface area (Å²) in [7, 11) is 0. The van der Waals surface area contributed by atoms with E-state index in [4.69, 9.17) is 20.9 Å². The Kier molecular flexibility index (Phi) is 18.8. The molecule has 0 radical (unpaired) electrons. The van der Waals surface area contributed by atoms with Gasteiger partial charge in [0.25, 0.3) is 0 Å². The molecule has 0 aromatic carbocycles. The van der Waals surface area contributed by atoms with Crippen LogP contribution in [0.2, 0.25) is 0 Å². The van der Waals surface area contributed by atoms with Crippen LogP contribution in [-0.4, -0.2) is 25.8 Å². The second-order valence-electron chi connectivity index (χ2n) is 7.84. The Bertz CT molecular complexity index is 469. The van der Waals surface area contributed by atoms with Crippen LogP contribution in [0.25, 0.3) is 0 Å². The Hall–Kier alpha value is -1.49. The molecule has 29 heavy (non-hydrogen) atoms. The summed E-state index contributed by atoms with van der Waals surface area (Å²) in [5, 5.41) is 0. The monoisotopic (exact) mass is 409 g/mol. The number of guanidine groups is 1. The molecule has 0 fully saturated rings. The largest absolute Gasteiger partial charge is 0.491 e. The fourth-order valence-corrected chi connectivity index (χ4v) is 3.05. The van der Waals surface area contributed by atoms with E-state index in [1.54, 1.807) is 0 Å². The minimum atomic E-state index is 0.0801. The molecular formula is C24H47N3O2. The predicted molar refractivity (Wildman–Crippen MR) is 126 cm³/mol. The first-order chi connectivity index (χ1) is 14.0. The zero-order chi connectivity index (χ0) is 21.7. The van der Waals surface area contributed by atoms with E-state index in [1.807, 2.05) is 6.92 Å². The number of allylic oxidation sites excluding steroid dienone is 2. The predicted octanol–water partition coefficient (Wildman–Crippen LogP) is 6.19. The maximum atomic E-state index is 5.92. The van der Waals surface area contributed by atoms with Crippen LogP contribution in [0.3, 0.4) is 0 Å². The maximum absolute atomic E-state index is 5.92. The van der Waals surface area contributed by atoms with Gasteiger partial charge in [0.2, 0.25) is 0 Å². The quantitative estimate of drug-likeness (QED) is 0.0825. The molecule has 0 aromatic heterocycles. The van der Waals surface area contributed by atoms with Crippen molar-refractivity contribution in [1.82, 2.24) is 0 Å². The molecule has 5 nitrogen and oxygen atoms in total. The van der Waals surface area contributed by atoms with Crippen molar-refractivity contribution in [3.05, 3.63) is 23.6 Å². The van der Waals surface area contributed by atoms with E-state index >= 15 is 0 Å². The standard InChI is InChI=1S/C24H47N3O2/c1-5-7-18-28-19-16-14-12-10-9-11-13-15-17-22(27-24(25)26)23(21(3)4)29-20-8-6-2/h3,5-20H2,1-2,4H3,(H4,25,26,27)/b23-22+. The Balaban J connectivity index is 4.07. The first-order valence-corrected chi connectivity index (χ1v) is 11.7. The van der Waals surface area contributed by atoms with Gasteiger partial charge in [-0.25, -0.2) is 4.99 Å². The molecule has 170 valence electrons. The Morgan fingerprint density at radius 2 is 1.28 bits per heavy atom. The number of rotatable bonds is 20. The molecule has 4 N–H and O–H groups in total. The highest BCUT2D eigenvalue weighted by molar-refractivity contribution is 5.77. The lowest BCUT2D eigenvalue weighted by atomic mass is 10.1. The van der Waals surface area contributed by atoms with E-state index in [2.05, 4.69) is 25.4 Å². The van der Waals surface area contributed by atoms with Gasteiger partial charge in [0, 0.05) is 13.2 Å². The number of unbranched alkanes of at least 4 members (excludes halogenated alkanes) is 9. The lowest BCUT2D eigenvalue weighted by Gasteiger charge is -2.14. The smallest absolute Gasteiger partial charge is 0.190 e. The minimum Gasteiger partial charge on any atom is -0.491 e. The Labute approximate surface area is 180 Å². The van der Waals surface area contributed by atoms with Gasteiger partial charge in [-0.1, -0.05) is 71.8 Å². The molecule has 0 aliphatic heterocycles. The average Bonchev–Trinajstić information content (AvgIpc) is 2.67. The second kappa shape index (κ2) is 19.8. The lowest BCUT2D eigenvalue weighted by Crippen LogP contribution is -2.23. The molecule has 0 atom stereocenters. The Morgan fingerprint density at radius 1 is 0.759 bits per heavy atom. The van der Waals surface area contributed by atoms with Crippen LogP contribution in [0, 0.1) is 0 Å². The summed E-state index contributed by atoms with van der Waals surface area (Å²) in [5.74, 6) is 0.838. The third-order valence-corrected chi connectivity index (χ3v) is 4.75. The van der Waals surface area contributed by atoms with E-state index < -0.39 is 0 Å². The van der Waals surface area contributed by atoms with Crippen molar-refractivity contribution in [2.45, 2.75) is 104 Å². The molecule has 0 aliphatic carbocycles. The van der Waals surface area contributed by atoms with Crippen LogP contribution in [0.15, 0.2) is 28.6 Å². The molecule has 0 amide bonds. The van der Waals surface area contributed by atoms with Gasteiger partial charge >= 0.3 is 0 Å². The lowest BCUT2D eigenvalue weighted by molar-refractivity contribution is 0.127. The van der Waals surface area contributed by atoms with Gasteiger partial charge in [-0.05, 0) is 44.6 Å². The summed E-state index contributed by atoms with van der Waals surface area (Å²) >= 11 is 0. The third kappa shape index (κ3) is 17.1. The topological polar surface area (TPSA) is 82.9 Å². The van der Waals surface area contributed by atoms with Gasteiger partial charge in [-0.3, -0.25) is 0 Å². The Morgan fingerprint density at radius 3 is 1.83 bits per heavy atom. The van der Waals surface area contributed by atoms with Gasteiger partial charge in [-0.2, -0.15) is 0 Å². The summed E-state index contributed by atoms with van der Waals surface area (Å²) in [4.78, 5) is 4.33. The van der Waals surface area contributed by atoms with Gasteiger partial charge in [0.1, 0.15) is 5.76 Å². The second-order valence-corrected chi connectivity index (χ2v) is 7.84. The minimum absolute atomic E-state index is 0.0801. The molecule has 0 spiro atoms. The zero-order valence-electron chi connectivity index (χ0n) is 19.4. The summed E-state index contributed by atoms with van der Waals surface area (Å²) in [6.45, 7) is 12.8. The van der Waals surface area contributed by atoms with Crippen LogP contribution >= 0.6 is 0 Å². The van der Waals surface area contributed by atoms with Crippen LogP contribution < -0.4 is 11.5 Å². The fraction of sp³-hybridized carbons (Fsp3) is 0.792. The van der Waals surface area contributed by atoms with E-state index in [0.717, 1.165) is 55.9 Å². The summed E-state index contributed by atoms with van der Waals surface area (Å²) in [5.41, 5.74) is 13.0. The third-order valence-electron chi connectivity index (χ3n) is 4.75. The van der Waals surface area contributed by atoms with Crippen LogP contribution in [0.5, 0.6) is 0 Å². The number of nitrogens with zero attached hydrogens (tertiary/aromatic N) is 1. The van der Waals surface area contributed by atoms with E-state index in [0.29, 0.717) is 6.61 Å². The number of aliphatic imine (C=N–C) groups is 1. The van der Waals surface area contributed by atoms with Crippen molar-refractivity contribution in [1.29, 1.82) is 0 Å². The van der Waals surface area contributed by atoms with Gasteiger partial charge in [0.05, 0.1) is 12.3 Å². The number of hydrogen-bond donors (Lipinski definition) is 2. The van der Waals surface area contributed by atoms with Crippen LogP contribution in [0.1, 0.15) is 104 Å². The van der Waals surface area contributed by atoms with Crippen molar-refractivity contribution >= 4 is 5.96 Å². The molecule has 0 saturated carbocycles. The highest BCUT2D eigenvalue weighted by Crippen LogP contribution is 2.22. The maximum Gasteiger partial charge on any atom is 0.190 e. The van der Waals surface area contributed by atoms with E-state index in [-0.39, 0.29) is 5.96 Å². The van der Waals surface area contributed by atoms with Crippen molar-refractivity contribution in [3.8, 4) is 0 Å². The summed E-state index contributed by atoms with van der Waals surface area (Å²) in [6.07, 6.45) is 15.2. The van der Waals surface area contributed by atoms with Gasteiger partial charge in [-0.15, -0.1) is 0 Å². The molecule has 0 heterocycles. The number of nitrogens with two attached hydrogens (primary N) is 2. The molecule has 0 unspecified atom stereocenters. The molecule has 0 saturated heterocycles. The van der Waals surface area contributed by atoms with Crippen LogP contribution in [0.4, 0.5) is 0 Å². The molecule has 5 heteroatoms. The van der Waals surface area contributed by atoms with Crippen molar-refractivity contribution in [2.75, 3.05) is 19.8 Å². The summed E-state index contributed by atoms with van der Waals surface area (Å²) < 4.78 is 11.5. The molecule has 0 rings (SSSR count). The normalized spacial score (nSPS) is 11.8. The number of hydrogen-bond acceptors (Lipinski definition) is 3. The molecule has 0 bridgehead atoms. The fourth-order valence-electron chi connectivity index (χ4n) is 3.05. The van der Waals surface area contributed by atoms with E-state index in [1.165, 1.54) is 57.8 Å². The first-order valence-electron chi connectivity index (χ1n) is 11.7. The van der Waals surface area contributed by atoms with Crippen molar-refractivity contribution in [2.24, 2.45) is 16.5 Å². The van der Waals surface area contributed by atoms with Crippen molar-refractivity contribution in [3.63, 3.8) is 0 Å². The van der Waals surface area contributed by atoms with E-state index in [9.17, 15) is 0 Å². The van der Waals surface area contributed by atoms with Crippen molar-refractivity contribution < 1.29 is 9.47 Å². The average molecular weight is 410 g/mol. The molecule has 0 aliphatic rings. The highest BCUT2D eigenvalue weighted by atomic mass is 16.5. The molecule has 0 aromatic rings. The van der Waals surface area contributed by atoms with Gasteiger partial charge in [0.15, 0.2) is 5.96 Å². The number of ether oxygens (including phenoxy) is 2.